The van der Waals surface area contributed by atoms with Crippen LogP contribution in [0, 0.1) is 0 Å². The van der Waals surface area contributed by atoms with Crippen LogP contribution >= 0.6 is 23.2 Å². The van der Waals surface area contributed by atoms with Crippen molar-refractivity contribution in [1.29, 1.82) is 0 Å². The number of carbonyl (C=O) groups excluding carboxylic acids is 4. The third-order valence-corrected chi connectivity index (χ3v) is 4.33. The van der Waals surface area contributed by atoms with Crippen LogP contribution in [-0.2, 0) is 14.3 Å². The maximum Gasteiger partial charge on any atom is 0.329 e. The first kappa shape index (κ1) is 19.2. The topological polar surface area (TPSA) is 92.8 Å². The Balaban J connectivity index is 2.08. The van der Waals surface area contributed by atoms with Gasteiger partial charge in [0.15, 0.2) is 6.61 Å². The minimum Gasteiger partial charge on any atom is -0.454 e. The Bertz CT molecular complexity index is 709. The molecule has 3 amide bonds. The molecule has 25 heavy (non-hydrogen) atoms. The highest BCUT2D eigenvalue weighted by Gasteiger charge is 2.42. The van der Waals surface area contributed by atoms with Crippen molar-refractivity contribution in [3.05, 3.63) is 33.3 Å². The van der Waals surface area contributed by atoms with Gasteiger partial charge in [-0.15, -0.1) is 0 Å². The zero-order valence-corrected chi connectivity index (χ0v) is 15.1. The van der Waals surface area contributed by atoms with Crippen molar-refractivity contribution in [2.24, 2.45) is 0 Å². The molecule has 0 radical (unpaired) electrons. The van der Waals surface area contributed by atoms with Crippen LogP contribution < -0.4 is 5.32 Å². The fraction of sp³-hybridized carbons (Fsp3) is 0.375. The van der Waals surface area contributed by atoms with Crippen LogP contribution in [0.15, 0.2) is 12.1 Å². The van der Waals surface area contributed by atoms with Gasteiger partial charge < -0.3 is 10.1 Å². The predicted octanol–water partition coefficient (Wildman–Crippen LogP) is 2.05. The molecule has 0 spiro atoms. The largest absolute Gasteiger partial charge is 0.454 e. The highest BCUT2D eigenvalue weighted by molar-refractivity contribution is 6.43. The Kier molecular flexibility index (Phi) is 6.02. The lowest BCUT2D eigenvalue weighted by Crippen LogP contribution is -2.44. The molecule has 0 aliphatic carbocycles. The van der Waals surface area contributed by atoms with Gasteiger partial charge in [-0.3, -0.25) is 19.3 Å². The molecule has 0 saturated heterocycles. The van der Waals surface area contributed by atoms with Gasteiger partial charge in [0.25, 0.3) is 17.7 Å². The summed E-state index contributed by atoms with van der Waals surface area (Å²) in [4.78, 5) is 49.1. The number of fused-ring (bicyclic) bond motifs is 1. The molecule has 0 fully saturated rings. The summed E-state index contributed by atoms with van der Waals surface area (Å²) in [5.74, 6) is -2.65. The van der Waals surface area contributed by atoms with Gasteiger partial charge in [0, 0.05) is 6.54 Å². The zero-order valence-electron chi connectivity index (χ0n) is 13.6. The molecule has 134 valence electrons. The van der Waals surface area contributed by atoms with Crippen molar-refractivity contribution in [3.8, 4) is 0 Å². The Morgan fingerprint density at radius 3 is 2.16 bits per heavy atom. The summed E-state index contributed by atoms with van der Waals surface area (Å²) in [6, 6.07) is 1.38. The second kappa shape index (κ2) is 7.84. The average molecular weight is 387 g/mol. The molecule has 1 aromatic rings. The fourth-order valence-corrected chi connectivity index (χ4v) is 2.61. The number of rotatable bonds is 6. The first-order valence-corrected chi connectivity index (χ1v) is 8.33. The standard InChI is InChI=1S/C16H16Cl2N2O5/c1-3-4-19-13(21)7-25-16(24)8(2)20-14(22)9-5-11(17)12(18)6-10(9)15(20)23/h5-6,8H,3-4,7H2,1-2H3,(H,19,21)/t8-/m0/s1. The predicted molar refractivity (Wildman–Crippen MR) is 90.7 cm³/mol. The van der Waals surface area contributed by atoms with E-state index in [0.717, 1.165) is 11.3 Å². The number of nitrogens with one attached hydrogen (secondary N) is 1. The van der Waals surface area contributed by atoms with E-state index in [4.69, 9.17) is 27.9 Å². The molecule has 1 N–H and O–H groups in total. The molecule has 1 aliphatic rings. The molecule has 1 heterocycles. The number of carbonyl (C=O) groups is 4. The third kappa shape index (κ3) is 3.93. The number of imide groups is 1. The Morgan fingerprint density at radius 1 is 1.16 bits per heavy atom. The summed E-state index contributed by atoms with van der Waals surface area (Å²) in [7, 11) is 0. The van der Waals surface area contributed by atoms with E-state index in [0.29, 0.717) is 6.54 Å². The van der Waals surface area contributed by atoms with E-state index in [1.54, 1.807) is 0 Å². The average Bonchev–Trinajstić information content (AvgIpc) is 2.81. The molecule has 1 aliphatic heterocycles. The Hall–Kier alpha value is -2.12. The Morgan fingerprint density at radius 2 is 1.68 bits per heavy atom. The lowest BCUT2D eigenvalue weighted by Gasteiger charge is -2.20. The SMILES string of the molecule is CCCNC(=O)COC(=O)[C@H](C)N1C(=O)c2cc(Cl)c(Cl)cc2C1=O. The van der Waals surface area contributed by atoms with Gasteiger partial charge in [-0.05, 0) is 25.5 Å². The quantitative estimate of drug-likeness (QED) is 0.596. The molecule has 2 rings (SSSR count). The van der Waals surface area contributed by atoms with Crippen LogP contribution in [0.2, 0.25) is 10.0 Å². The van der Waals surface area contributed by atoms with Crippen molar-refractivity contribution in [2.75, 3.05) is 13.2 Å². The number of hydrogen-bond acceptors (Lipinski definition) is 5. The molecule has 7 nitrogen and oxygen atoms in total. The summed E-state index contributed by atoms with van der Waals surface area (Å²) >= 11 is 11.7. The van der Waals surface area contributed by atoms with Crippen molar-refractivity contribution in [3.63, 3.8) is 0 Å². The van der Waals surface area contributed by atoms with Crippen LogP contribution in [0.4, 0.5) is 0 Å². The fourth-order valence-electron chi connectivity index (χ4n) is 2.28. The lowest BCUT2D eigenvalue weighted by atomic mass is 10.1. The molecule has 0 bridgehead atoms. The normalized spacial score (nSPS) is 14.3. The van der Waals surface area contributed by atoms with Crippen LogP contribution in [0.25, 0.3) is 0 Å². The smallest absolute Gasteiger partial charge is 0.329 e. The highest BCUT2D eigenvalue weighted by atomic mass is 35.5. The summed E-state index contributed by atoms with van der Waals surface area (Å²) in [5.41, 5.74) is 0.138. The number of hydrogen-bond donors (Lipinski definition) is 1. The molecule has 0 saturated carbocycles. The summed E-state index contributed by atoms with van der Waals surface area (Å²) in [5, 5.41) is 2.81. The van der Waals surface area contributed by atoms with Crippen molar-refractivity contribution in [2.45, 2.75) is 26.3 Å². The van der Waals surface area contributed by atoms with E-state index in [2.05, 4.69) is 5.32 Å². The summed E-state index contributed by atoms with van der Waals surface area (Å²) in [6.45, 7) is 3.21. The van der Waals surface area contributed by atoms with Gasteiger partial charge in [0.05, 0.1) is 21.2 Å². The number of benzene rings is 1. The first-order chi connectivity index (χ1) is 11.8. The minimum atomic E-state index is -1.19. The van der Waals surface area contributed by atoms with Crippen molar-refractivity contribution in [1.82, 2.24) is 10.2 Å². The number of ether oxygens (including phenoxy) is 1. The van der Waals surface area contributed by atoms with Gasteiger partial charge in [-0.2, -0.15) is 0 Å². The molecule has 1 aromatic carbocycles. The monoisotopic (exact) mass is 386 g/mol. The van der Waals surface area contributed by atoms with Gasteiger partial charge in [-0.1, -0.05) is 30.1 Å². The van der Waals surface area contributed by atoms with Crippen LogP contribution in [0.5, 0.6) is 0 Å². The highest BCUT2D eigenvalue weighted by Crippen LogP contribution is 2.32. The van der Waals surface area contributed by atoms with E-state index in [1.165, 1.54) is 19.1 Å². The number of esters is 1. The van der Waals surface area contributed by atoms with Gasteiger partial charge in [0.2, 0.25) is 0 Å². The third-order valence-electron chi connectivity index (χ3n) is 3.60. The van der Waals surface area contributed by atoms with E-state index in [1.807, 2.05) is 6.92 Å². The zero-order chi connectivity index (χ0) is 18.7. The maximum absolute atomic E-state index is 12.4. The second-order valence-corrected chi connectivity index (χ2v) is 6.24. The molecular weight excluding hydrogens is 371 g/mol. The molecular formula is C16H16Cl2N2O5. The van der Waals surface area contributed by atoms with E-state index in [9.17, 15) is 19.2 Å². The Labute approximate surface area is 154 Å². The number of halogens is 2. The molecule has 1 atom stereocenters. The first-order valence-electron chi connectivity index (χ1n) is 7.58. The molecule has 0 aromatic heterocycles. The van der Waals surface area contributed by atoms with Crippen molar-refractivity contribution >= 4 is 46.9 Å². The van der Waals surface area contributed by atoms with E-state index < -0.39 is 36.3 Å². The minimum absolute atomic E-state index is 0.0692. The van der Waals surface area contributed by atoms with Gasteiger partial charge in [-0.25, -0.2) is 4.79 Å². The number of amides is 3. The van der Waals surface area contributed by atoms with Crippen LogP contribution in [0.1, 0.15) is 41.0 Å². The maximum atomic E-state index is 12.4. The number of nitrogens with zero attached hydrogens (tertiary/aromatic N) is 1. The summed E-state index contributed by atoms with van der Waals surface area (Å²) < 4.78 is 4.87. The second-order valence-electron chi connectivity index (χ2n) is 5.43. The van der Waals surface area contributed by atoms with Gasteiger partial charge >= 0.3 is 5.97 Å². The van der Waals surface area contributed by atoms with Crippen LogP contribution in [0.3, 0.4) is 0 Å². The summed E-state index contributed by atoms with van der Waals surface area (Å²) in [6.07, 6.45) is 0.746. The van der Waals surface area contributed by atoms with Crippen LogP contribution in [-0.4, -0.2) is 47.8 Å². The molecule has 9 heteroatoms. The van der Waals surface area contributed by atoms with Crippen molar-refractivity contribution < 1.29 is 23.9 Å². The van der Waals surface area contributed by atoms with E-state index in [-0.39, 0.29) is 21.2 Å². The molecule has 0 unspecified atom stereocenters. The lowest BCUT2D eigenvalue weighted by molar-refractivity contribution is -0.151. The van der Waals surface area contributed by atoms with Gasteiger partial charge in [0.1, 0.15) is 6.04 Å². The van der Waals surface area contributed by atoms with E-state index >= 15 is 0 Å².